The third kappa shape index (κ3) is 5.44. The van der Waals surface area contributed by atoms with Gasteiger partial charge in [-0.1, -0.05) is 64.1 Å². The standard InChI is InChI=1S/C19H17Cl5N2O/c20-13-4-3-11(14(21)6-13)9-26-5-1-2-12(10-26)19(27)25-18-8-16(23)15(22)7-17(18)24/h3-4,6-8,12H,1-2,5,9-10H2,(H,25,27). The van der Waals surface area contributed by atoms with E-state index in [1.54, 1.807) is 12.1 Å². The fraction of sp³-hybridized carbons (Fsp3) is 0.316. The van der Waals surface area contributed by atoms with Crippen molar-refractivity contribution in [3.63, 3.8) is 0 Å². The largest absolute Gasteiger partial charge is 0.324 e. The van der Waals surface area contributed by atoms with Crippen LogP contribution in [0.5, 0.6) is 0 Å². The number of carbonyl (C=O) groups is 1. The van der Waals surface area contributed by atoms with Crippen LogP contribution in [0.4, 0.5) is 5.69 Å². The molecular weight excluding hydrogens is 449 g/mol. The van der Waals surface area contributed by atoms with Crippen molar-refractivity contribution >= 4 is 69.6 Å². The maximum absolute atomic E-state index is 12.7. The SMILES string of the molecule is O=C(Nc1cc(Cl)c(Cl)cc1Cl)C1CCCN(Cc2ccc(Cl)cc2Cl)C1. The van der Waals surface area contributed by atoms with Crippen LogP contribution in [0, 0.1) is 5.92 Å². The van der Waals surface area contributed by atoms with Gasteiger partial charge in [-0.05, 0) is 49.2 Å². The Morgan fingerprint density at radius 3 is 2.48 bits per heavy atom. The van der Waals surface area contributed by atoms with E-state index in [1.165, 1.54) is 6.07 Å². The Bertz CT molecular complexity index is 858. The fourth-order valence-corrected chi connectivity index (χ4v) is 4.22. The van der Waals surface area contributed by atoms with Crippen LogP contribution < -0.4 is 5.32 Å². The zero-order valence-corrected chi connectivity index (χ0v) is 18.0. The van der Waals surface area contributed by atoms with Crippen LogP contribution in [0.3, 0.4) is 0 Å². The molecule has 1 N–H and O–H groups in total. The summed E-state index contributed by atoms with van der Waals surface area (Å²) in [6, 6.07) is 8.57. The number of nitrogens with zero attached hydrogens (tertiary/aromatic N) is 1. The van der Waals surface area contributed by atoms with E-state index < -0.39 is 0 Å². The van der Waals surface area contributed by atoms with E-state index in [-0.39, 0.29) is 11.8 Å². The van der Waals surface area contributed by atoms with Gasteiger partial charge >= 0.3 is 0 Å². The lowest BCUT2D eigenvalue weighted by Gasteiger charge is -2.32. The van der Waals surface area contributed by atoms with Gasteiger partial charge in [0.15, 0.2) is 0 Å². The molecule has 2 aromatic carbocycles. The van der Waals surface area contributed by atoms with E-state index in [0.717, 1.165) is 24.9 Å². The smallest absolute Gasteiger partial charge is 0.228 e. The van der Waals surface area contributed by atoms with Crippen molar-refractivity contribution in [2.75, 3.05) is 18.4 Å². The first-order chi connectivity index (χ1) is 12.8. The molecule has 1 aliphatic heterocycles. The molecule has 3 nitrogen and oxygen atoms in total. The molecule has 0 spiro atoms. The second-order valence-corrected chi connectivity index (χ2v) is 8.61. The summed E-state index contributed by atoms with van der Waals surface area (Å²) >= 11 is 30.3. The molecule has 1 saturated heterocycles. The minimum absolute atomic E-state index is 0.0813. The average molecular weight is 467 g/mol. The number of benzene rings is 2. The Kier molecular flexibility index (Phi) is 7.18. The molecule has 1 aliphatic rings. The number of hydrogen-bond acceptors (Lipinski definition) is 2. The molecule has 0 radical (unpaired) electrons. The summed E-state index contributed by atoms with van der Waals surface area (Å²) in [6.07, 6.45) is 1.74. The monoisotopic (exact) mass is 464 g/mol. The van der Waals surface area contributed by atoms with Gasteiger partial charge in [0.05, 0.1) is 26.7 Å². The first kappa shape index (κ1) is 21.0. The molecule has 8 heteroatoms. The molecule has 0 saturated carbocycles. The van der Waals surface area contributed by atoms with Gasteiger partial charge in [-0.3, -0.25) is 9.69 Å². The molecule has 1 amide bonds. The van der Waals surface area contributed by atoms with Gasteiger partial charge in [0.1, 0.15) is 0 Å². The minimum Gasteiger partial charge on any atom is -0.324 e. The molecule has 1 atom stereocenters. The van der Waals surface area contributed by atoms with Gasteiger partial charge in [-0.2, -0.15) is 0 Å². The van der Waals surface area contributed by atoms with Crippen LogP contribution in [-0.2, 0) is 11.3 Å². The summed E-state index contributed by atoms with van der Waals surface area (Å²) in [6.45, 7) is 2.23. The lowest BCUT2D eigenvalue weighted by Crippen LogP contribution is -2.40. The Morgan fingerprint density at radius 2 is 1.74 bits per heavy atom. The number of amides is 1. The van der Waals surface area contributed by atoms with Gasteiger partial charge in [0, 0.05) is 23.1 Å². The first-order valence-corrected chi connectivity index (χ1v) is 10.3. The summed E-state index contributed by atoms with van der Waals surface area (Å²) in [7, 11) is 0. The third-order valence-corrected chi connectivity index (χ3v) is 6.18. The third-order valence-electron chi connectivity index (χ3n) is 4.55. The van der Waals surface area contributed by atoms with Crippen LogP contribution in [0.25, 0.3) is 0 Å². The number of anilines is 1. The summed E-state index contributed by atoms with van der Waals surface area (Å²) in [5.74, 6) is -0.225. The second-order valence-electron chi connectivity index (χ2n) is 6.55. The zero-order valence-electron chi connectivity index (χ0n) is 14.2. The van der Waals surface area contributed by atoms with Crippen molar-refractivity contribution in [2.45, 2.75) is 19.4 Å². The molecular formula is C19H17Cl5N2O. The number of piperidine rings is 1. The molecule has 0 bridgehead atoms. The lowest BCUT2D eigenvalue weighted by molar-refractivity contribution is -0.121. The fourth-order valence-electron chi connectivity index (χ4n) is 3.16. The van der Waals surface area contributed by atoms with Gasteiger partial charge in [-0.15, -0.1) is 0 Å². The highest BCUT2D eigenvalue weighted by molar-refractivity contribution is 6.44. The predicted molar refractivity (Wildman–Crippen MR) is 115 cm³/mol. The summed E-state index contributed by atoms with van der Waals surface area (Å²) in [4.78, 5) is 14.9. The number of carbonyl (C=O) groups excluding carboxylic acids is 1. The maximum Gasteiger partial charge on any atom is 0.228 e. The molecule has 2 aromatic rings. The Hall–Kier alpha value is -0.680. The molecule has 1 heterocycles. The maximum atomic E-state index is 12.7. The van der Waals surface area contributed by atoms with E-state index >= 15 is 0 Å². The van der Waals surface area contributed by atoms with Gasteiger partial charge < -0.3 is 5.32 Å². The van der Waals surface area contributed by atoms with Crippen LogP contribution >= 0.6 is 58.0 Å². The molecule has 3 rings (SSSR count). The number of halogens is 5. The van der Waals surface area contributed by atoms with Crippen LogP contribution in [0.2, 0.25) is 25.1 Å². The van der Waals surface area contributed by atoms with Crippen LogP contribution in [0.15, 0.2) is 30.3 Å². The highest BCUT2D eigenvalue weighted by atomic mass is 35.5. The highest BCUT2D eigenvalue weighted by Crippen LogP contribution is 2.33. The number of rotatable bonds is 4. The van der Waals surface area contributed by atoms with Crippen molar-refractivity contribution in [3.8, 4) is 0 Å². The molecule has 0 aliphatic carbocycles. The number of likely N-dealkylation sites (tertiary alicyclic amines) is 1. The summed E-state index contributed by atoms with van der Waals surface area (Å²) in [5.41, 5.74) is 1.46. The summed E-state index contributed by atoms with van der Waals surface area (Å²) < 4.78 is 0. The Morgan fingerprint density at radius 1 is 1.00 bits per heavy atom. The van der Waals surface area contributed by atoms with E-state index in [9.17, 15) is 4.79 Å². The Balaban J connectivity index is 1.65. The lowest BCUT2D eigenvalue weighted by atomic mass is 9.96. The van der Waals surface area contributed by atoms with Crippen molar-refractivity contribution in [3.05, 3.63) is 61.0 Å². The van der Waals surface area contributed by atoms with Gasteiger partial charge in [0.25, 0.3) is 0 Å². The number of hydrogen-bond donors (Lipinski definition) is 1. The first-order valence-electron chi connectivity index (χ1n) is 8.45. The zero-order chi connectivity index (χ0) is 19.6. The molecule has 144 valence electrons. The van der Waals surface area contributed by atoms with E-state index in [1.807, 2.05) is 12.1 Å². The second kappa shape index (κ2) is 9.21. The normalized spacial score (nSPS) is 17.7. The average Bonchev–Trinajstić information content (AvgIpc) is 2.62. The van der Waals surface area contributed by atoms with Gasteiger partial charge in [-0.25, -0.2) is 0 Å². The van der Waals surface area contributed by atoms with Crippen molar-refractivity contribution in [2.24, 2.45) is 5.92 Å². The molecule has 27 heavy (non-hydrogen) atoms. The van der Waals surface area contributed by atoms with Crippen molar-refractivity contribution < 1.29 is 4.79 Å². The van der Waals surface area contributed by atoms with Crippen LogP contribution in [-0.4, -0.2) is 23.9 Å². The minimum atomic E-state index is -0.143. The predicted octanol–water partition coefficient (Wildman–Crippen LogP) is 6.80. The topological polar surface area (TPSA) is 32.3 Å². The summed E-state index contributed by atoms with van der Waals surface area (Å²) in [5, 5.41) is 5.17. The quantitative estimate of drug-likeness (QED) is 0.502. The highest BCUT2D eigenvalue weighted by Gasteiger charge is 2.26. The van der Waals surface area contributed by atoms with Crippen LogP contribution in [0.1, 0.15) is 18.4 Å². The molecule has 1 unspecified atom stereocenters. The van der Waals surface area contributed by atoms with E-state index in [0.29, 0.717) is 43.9 Å². The van der Waals surface area contributed by atoms with Crippen molar-refractivity contribution in [1.29, 1.82) is 0 Å². The number of nitrogens with one attached hydrogen (secondary N) is 1. The van der Waals surface area contributed by atoms with Crippen molar-refractivity contribution in [1.82, 2.24) is 4.90 Å². The van der Waals surface area contributed by atoms with E-state index in [4.69, 9.17) is 58.0 Å². The Labute approximate surface area is 183 Å². The molecule has 1 fully saturated rings. The van der Waals surface area contributed by atoms with E-state index in [2.05, 4.69) is 10.2 Å². The molecule has 0 aromatic heterocycles. The van der Waals surface area contributed by atoms with Gasteiger partial charge in [0.2, 0.25) is 5.91 Å².